The maximum Gasteiger partial charge on any atom is 0.407 e. The van der Waals surface area contributed by atoms with Crippen molar-refractivity contribution in [1.82, 2.24) is 21.3 Å². The van der Waals surface area contributed by atoms with Crippen molar-refractivity contribution in [2.24, 2.45) is 17.6 Å². The van der Waals surface area contributed by atoms with Gasteiger partial charge in [-0.15, -0.1) is 0 Å². The minimum atomic E-state index is -1.38. The van der Waals surface area contributed by atoms with Gasteiger partial charge in [-0.3, -0.25) is 24.0 Å². The van der Waals surface area contributed by atoms with Gasteiger partial charge in [0.05, 0.1) is 5.60 Å². The number of ketones is 1. The highest BCUT2D eigenvalue weighted by molar-refractivity contribution is 5.98. The molecule has 0 saturated heterocycles. The Bertz CT molecular complexity index is 1280. The lowest BCUT2D eigenvalue weighted by atomic mass is 9.98. The number of anilines is 1. The van der Waals surface area contributed by atoms with Gasteiger partial charge in [0.2, 0.25) is 17.7 Å². The molecule has 1 aromatic rings. The summed E-state index contributed by atoms with van der Waals surface area (Å²) >= 11 is 0. The first-order valence-corrected chi connectivity index (χ1v) is 17.4. The van der Waals surface area contributed by atoms with Gasteiger partial charge in [0.1, 0.15) is 18.4 Å². The summed E-state index contributed by atoms with van der Waals surface area (Å²) in [6, 6.07) is 5.66. The molecule has 14 nitrogen and oxygen atoms in total. The summed E-state index contributed by atoms with van der Waals surface area (Å²) in [6.07, 6.45) is 0.296. The zero-order valence-electron chi connectivity index (χ0n) is 31.3. The van der Waals surface area contributed by atoms with Crippen molar-refractivity contribution in [1.29, 1.82) is 0 Å². The van der Waals surface area contributed by atoms with Crippen LogP contribution in [-0.2, 0) is 40.1 Å². The summed E-state index contributed by atoms with van der Waals surface area (Å²) in [5.74, 6) is -1.89. The summed E-state index contributed by atoms with van der Waals surface area (Å²) in [5, 5.41) is 13.4. The molecule has 50 heavy (non-hydrogen) atoms. The normalized spacial score (nSPS) is 12.9. The van der Waals surface area contributed by atoms with Crippen LogP contribution in [0.5, 0.6) is 0 Å². The number of alkyl carbamates (subject to hydrolysis) is 1. The van der Waals surface area contributed by atoms with E-state index in [2.05, 4.69) is 26.6 Å². The van der Waals surface area contributed by atoms with Gasteiger partial charge in [-0.1, -0.05) is 39.8 Å². The topological polar surface area (TPSA) is 207 Å². The molecule has 0 heterocycles. The van der Waals surface area contributed by atoms with Gasteiger partial charge in [-0.25, -0.2) is 4.79 Å². The number of nitrogens with two attached hydrogens (primary N) is 1. The van der Waals surface area contributed by atoms with Crippen LogP contribution < -0.4 is 32.3 Å². The summed E-state index contributed by atoms with van der Waals surface area (Å²) in [5.41, 5.74) is 5.94. The number of Topliss-reactive ketones (excluding diaryl/α,β-unsaturated/α-hetero) is 1. The van der Waals surface area contributed by atoms with Gasteiger partial charge in [-0.05, 0) is 77.5 Å². The molecular formula is C36H60N6O8. The standard InChI is InChI=1S/C36H60N6O8/c1-10-38-34(48)49-22-25-14-16-26(17-15-25)39-33(47)31(37)41-32(46)30(24(4)5)40-28(44)18-19-36(8,9)50-21-20-35(6,7)42-29(45)13-11-12-27(43)23(2)3/h14-17,23-24,30-31H,10-13,18-22,37H2,1-9H3,(H,38,48)(H,39,47)(H,40,44)(H,41,46)(H,42,45)/t30-,31+/m0/s1. The molecule has 0 spiro atoms. The number of hydrogen-bond acceptors (Lipinski definition) is 9. The van der Waals surface area contributed by atoms with Crippen LogP contribution >= 0.6 is 0 Å². The Balaban J connectivity index is 2.53. The zero-order chi connectivity index (χ0) is 38.1. The van der Waals surface area contributed by atoms with Crippen LogP contribution in [0.15, 0.2) is 24.3 Å². The summed E-state index contributed by atoms with van der Waals surface area (Å²) in [7, 11) is 0. The fourth-order valence-electron chi connectivity index (χ4n) is 4.62. The van der Waals surface area contributed by atoms with Crippen molar-refractivity contribution >= 4 is 41.2 Å². The smallest absolute Gasteiger partial charge is 0.407 e. The predicted molar refractivity (Wildman–Crippen MR) is 192 cm³/mol. The van der Waals surface area contributed by atoms with Crippen molar-refractivity contribution in [3.63, 3.8) is 0 Å². The van der Waals surface area contributed by atoms with Gasteiger partial charge in [0.15, 0.2) is 6.17 Å². The quantitative estimate of drug-likeness (QED) is 0.0973. The van der Waals surface area contributed by atoms with Gasteiger partial charge in [0.25, 0.3) is 5.91 Å². The predicted octanol–water partition coefficient (Wildman–Crippen LogP) is 3.67. The van der Waals surface area contributed by atoms with E-state index in [1.807, 2.05) is 41.5 Å². The highest BCUT2D eigenvalue weighted by Crippen LogP contribution is 2.20. The number of nitrogens with one attached hydrogen (secondary N) is 5. The maximum atomic E-state index is 13.0. The Hall–Kier alpha value is -4.04. The molecule has 2 atom stereocenters. The molecule has 0 aliphatic carbocycles. The lowest BCUT2D eigenvalue weighted by molar-refractivity contribution is -0.132. The fourth-order valence-corrected chi connectivity index (χ4v) is 4.62. The number of carbonyl (C=O) groups excluding carboxylic acids is 6. The second-order valence-electron chi connectivity index (χ2n) is 14.3. The SMILES string of the molecule is CCNC(=O)OCc1ccc(NC(=O)[C@H](N)NC(=O)[C@@H](NC(=O)CCC(C)(C)OCCC(C)(C)NC(=O)CCCC(=O)C(C)C)C(C)C)cc1. The third-order valence-electron chi connectivity index (χ3n) is 7.88. The largest absolute Gasteiger partial charge is 0.445 e. The number of benzene rings is 1. The Labute approximate surface area is 297 Å². The van der Waals surface area contributed by atoms with Crippen molar-refractivity contribution < 1.29 is 38.2 Å². The van der Waals surface area contributed by atoms with E-state index in [1.165, 1.54) is 0 Å². The van der Waals surface area contributed by atoms with E-state index in [-0.39, 0.29) is 48.9 Å². The lowest BCUT2D eigenvalue weighted by Crippen LogP contribution is -2.57. The maximum absolute atomic E-state index is 13.0. The van der Waals surface area contributed by atoms with E-state index >= 15 is 0 Å². The van der Waals surface area contributed by atoms with Crippen molar-refractivity contribution in [2.45, 2.75) is 131 Å². The van der Waals surface area contributed by atoms with E-state index < -0.39 is 41.3 Å². The van der Waals surface area contributed by atoms with Crippen LogP contribution in [0.3, 0.4) is 0 Å². The van der Waals surface area contributed by atoms with Crippen molar-refractivity contribution in [3.05, 3.63) is 29.8 Å². The lowest BCUT2D eigenvalue weighted by Gasteiger charge is -2.30. The van der Waals surface area contributed by atoms with Crippen LogP contribution in [0, 0.1) is 11.8 Å². The first-order valence-electron chi connectivity index (χ1n) is 17.4. The van der Waals surface area contributed by atoms with Crippen molar-refractivity contribution in [2.75, 3.05) is 18.5 Å². The second-order valence-corrected chi connectivity index (χ2v) is 14.3. The molecule has 5 amide bonds. The highest BCUT2D eigenvalue weighted by atomic mass is 16.5. The molecule has 282 valence electrons. The minimum absolute atomic E-state index is 0.0333. The summed E-state index contributed by atoms with van der Waals surface area (Å²) in [4.78, 5) is 74.2. The Morgan fingerprint density at radius 1 is 0.820 bits per heavy atom. The molecule has 0 unspecified atom stereocenters. The monoisotopic (exact) mass is 704 g/mol. The number of hydrogen-bond donors (Lipinski definition) is 6. The third-order valence-corrected chi connectivity index (χ3v) is 7.88. The Morgan fingerprint density at radius 2 is 1.46 bits per heavy atom. The zero-order valence-corrected chi connectivity index (χ0v) is 31.3. The molecule has 14 heteroatoms. The Morgan fingerprint density at radius 3 is 2.04 bits per heavy atom. The van der Waals surface area contributed by atoms with E-state index in [0.29, 0.717) is 50.1 Å². The van der Waals surface area contributed by atoms with Gasteiger partial charge < -0.3 is 41.8 Å². The molecule has 0 bridgehead atoms. The van der Waals surface area contributed by atoms with E-state index in [1.54, 1.807) is 45.0 Å². The van der Waals surface area contributed by atoms with Gasteiger partial charge >= 0.3 is 6.09 Å². The fraction of sp³-hybridized carbons (Fsp3) is 0.667. The molecule has 0 radical (unpaired) electrons. The van der Waals surface area contributed by atoms with Crippen molar-refractivity contribution in [3.8, 4) is 0 Å². The Kier molecular flexibility index (Phi) is 18.7. The minimum Gasteiger partial charge on any atom is -0.445 e. The molecular weight excluding hydrogens is 644 g/mol. The van der Waals surface area contributed by atoms with Crippen LogP contribution in [0.25, 0.3) is 0 Å². The molecule has 7 N–H and O–H groups in total. The third kappa shape index (κ3) is 18.1. The molecule has 0 saturated carbocycles. The van der Waals surface area contributed by atoms with Gasteiger partial charge in [-0.2, -0.15) is 0 Å². The van der Waals surface area contributed by atoms with E-state index in [9.17, 15) is 28.8 Å². The molecule has 0 aliphatic rings. The molecule has 1 rings (SSSR count). The average molecular weight is 705 g/mol. The molecule has 0 aromatic heterocycles. The average Bonchev–Trinajstić information content (AvgIpc) is 3.01. The highest BCUT2D eigenvalue weighted by Gasteiger charge is 2.29. The first kappa shape index (κ1) is 44.0. The van der Waals surface area contributed by atoms with Crippen LogP contribution in [0.1, 0.15) is 106 Å². The summed E-state index contributed by atoms with van der Waals surface area (Å²) in [6.45, 7) is 17.4. The van der Waals surface area contributed by atoms with E-state index in [4.69, 9.17) is 15.2 Å². The number of carbonyl (C=O) groups is 6. The van der Waals surface area contributed by atoms with Crippen LogP contribution in [-0.4, -0.2) is 72.0 Å². The number of amides is 5. The van der Waals surface area contributed by atoms with Gasteiger partial charge in [0, 0.05) is 49.6 Å². The molecule has 0 aliphatic heterocycles. The number of ether oxygens (including phenoxy) is 2. The second kappa shape index (κ2) is 21.2. The summed E-state index contributed by atoms with van der Waals surface area (Å²) < 4.78 is 11.1. The van der Waals surface area contributed by atoms with Crippen LogP contribution in [0.4, 0.5) is 10.5 Å². The van der Waals surface area contributed by atoms with E-state index in [0.717, 1.165) is 0 Å². The van der Waals surface area contributed by atoms with Crippen LogP contribution in [0.2, 0.25) is 0 Å². The molecule has 0 fully saturated rings. The molecule has 1 aromatic carbocycles. The number of rotatable bonds is 22. The first-order chi connectivity index (χ1) is 23.2.